The number of benzene rings is 1. The lowest BCUT2D eigenvalue weighted by molar-refractivity contribution is 0.0939. The van der Waals surface area contributed by atoms with E-state index in [1.165, 1.54) is 24.4 Å². The van der Waals surface area contributed by atoms with Gasteiger partial charge in [0.1, 0.15) is 11.0 Å². The van der Waals surface area contributed by atoms with E-state index in [2.05, 4.69) is 27.0 Å². The maximum atomic E-state index is 13.9. The predicted octanol–water partition coefficient (Wildman–Crippen LogP) is 3.51. The minimum absolute atomic E-state index is 0.260. The third-order valence-electron chi connectivity index (χ3n) is 4.95. The largest absolute Gasteiger partial charge is 0.369 e. The monoisotopic (exact) mass is 390 g/mol. The fourth-order valence-corrected chi connectivity index (χ4v) is 3.54. The van der Waals surface area contributed by atoms with E-state index in [9.17, 15) is 9.18 Å². The van der Waals surface area contributed by atoms with Crippen LogP contribution in [0.25, 0.3) is 0 Å². The minimum Gasteiger partial charge on any atom is -0.369 e. The fraction of sp³-hybridized carbons (Fsp3) is 0.400. The Bertz CT molecular complexity index is 808. The van der Waals surface area contributed by atoms with Crippen LogP contribution >= 0.6 is 11.6 Å². The van der Waals surface area contributed by atoms with Crippen LogP contribution in [0.4, 0.5) is 10.1 Å². The van der Waals surface area contributed by atoms with Gasteiger partial charge in [0.15, 0.2) is 0 Å². The van der Waals surface area contributed by atoms with Crippen molar-refractivity contribution in [2.45, 2.75) is 19.9 Å². The van der Waals surface area contributed by atoms with Gasteiger partial charge in [-0.2, -0.15) is 0 Å². The molecule has 5 nitrogen and oxygen atoms in total. The Morgan fingerprint density at radius 2 is 2.00 bits per heavy atom. The van der Waals surface area contributed by atoms with Crippen molar-refractivity contribution >= 4 is 23.2 Å². The lowest BCUT2D eigenvalue weighted by Crippen LogP contribution is -2.46. The van der Waals surface area contributed by atoms with E-state index in [1.54, 1.807) is 12.1 Å². The zero-order chi connectivity index (χ0) is 19.4. The third kappa shape index (κ3) is 4.76. The lowest BCUT2D eigenvalue weighted by atomic mass is 10.0. The van der Waals surface area contributed by atoms with Crippen molar-refractivity contribution < 1.29 is 9.18 Å². The number of carbonyl (C=O) groups excluding carboxylic acids is 1. The summed E-state index contributed by atoms with van der Waals surface area (Å²) in [6.07, 6.45) is 1.49. The molecule has 0 spiro atoms. The van der Waals surface area contributed by atoms with Crippen LogP contribution in [0.5, 0.6) is 0 Å². The van der Waals surface area contributed by atoms with Gasteiger partial charge in [0, 0.05) is 49.2 Å². The molecule has 27 heavy (non-hydrogen) atoms. The first-order valence-electron chi connectivity index (χ1n) is 9.17. The number of nitrogens with one attached hydrogen (secondary N) is 1. The quantitative estimate of drug-likeness (QED) is 0.794. The molecule has 1 aliphatic heterocycles. The maximum Gasteiger partial charge on any atom is 0.251 e. The fourth-order valence-electron chi connectivity index (χ4n) is 3.37. The van der Waals surface area contributed by atoms with Crippen LogP contribution in [-0.2, 0) is 0 Å². The summed E-state index contributed by atoms with van der Waals surface area (Å²) >= 11 is 5.86. The topological polar surface area (TPSA) is 48.5 Å². The molecular weight excluding hydrogens is 367 g/mol. The average Bonchev–Trinajstić information content (AvgIpc) is 2.68. The molecule has 0 radical (unpaired) electrons. The minimum atomic E-state index is -0.348. The highest BCUT2D eigenvalue weighted by atomic mass is 35.5. The molecule has 1 aromatic carbocycles. The van der Waals surface area contributed by atoms with Gasteiger partial charge >= 0.3 is 0 Å². The Labute approximate surface area is 164 Å². The molecule has 1 unspecified atom stereocenters. The van der Waals surface area contributed by atoms with E-state index in [0.717, 1.165) is 44.0 Å². The number of carbonyl (C=O) groups is 1. The average molecular weight is 391 g/mol. The smallest absolute Gasteiger partial charge is 0.251 e. The van der Waals surface area contributed by atoms with Crippen molar-refractivity contribution in [2.75, 3.05) is 37.6 Å². The highest BCUT2D eigenvalue weighted by Crippen LogP contribution is 2.28. The Balaban J connectivity index is 1.78. The highest BCUT2D eigenvalue weighted by Gasteiger charge is 2.22. The van der Waals surface area contributed by atoms with E-state index in [1.807, 2.05) is 6.92 Å². The van der Waals surface area contributed by atoms with Crippen molar-refractivity contribution in [3.8, 4) is 0 Å². The number of hydrogen-bond donors (Lipinski definition) is 1. The normalized spacial score (nSPS) is 16.2. The molecule has 1 aliphatic rings. The summed E-state index contributed by atoms with van der Waals surface area (Å²) in [7, 11) is 0. The molecule has 1 aromatic heterocycles. The highest BCUT2D eigenvalue weighted by molar-refractivity contribution is 6.29. The van der Waals surface area contributed by atoms with Crippen LogP contribution in [-0.4, -0.2) is 48.5 Å². The molecule has 1 saturated heterocycles. The summed E-state index contributed by atoms with van der Waals surface area (Å²) in [4.78, 5) is 21.1. The predicted molar refractivity (Wildman–Crippen MR) is 106 cm³/mol. The second-order valence-electron chi connectivity index (χ2n) is 6.69. The van der Waals surface area contributed by atoms with Crippen molar-refractivity contribution in [3.63, 3.8) is 0 Å². The molecule has 3 rings (SSSR count). The summed E-state index contributed by atoms with van der Waals surface area (Å²) in [5, 5.41) is 3.20. The zero-order valence-electron chi connectivity index (χ0n) is 15.6. The number of nitrogens with zero attached hydrogens (tertiary/aromatic N) is 3. The summed E-state index contributed by atoms with van der Waals surface area (Å²) < 4.78 is 13.9. The van der Waals surface area contributed by atoms with Gasteiger partial charge in [-0.05, 0) is 43.8 Å². The first-order valence-corrected chi connectivity index (χ1v) is 9.55. The second kappa shape index (κ2) is 8.67. The molecule has 1 atom stereocenters. The Hall–Kier alpha value is -2.18. The van der Waals surface area contributed by atoms with Crippen LogP contribution in [0.15, 0.2) is 36.5 Å². The number of halogens is 2. The van der Waals surface area contributed by atoms with Gasteiger partial charge in [0.25, 0.3) is 5.91 Å². The van der Waals surface area contributed by atoms with Crippen molar-refractivity contribution in [1.29, 1.82) is 0 Å². The van der Waals surface area contributed by atoms with Gasteiger partial charge in [0.2, 0.25) is 0 Å². The molecule has 1 N–H and O–H groups in total. The Morgan fingerprint density at radius 3 is 2.67 bits per heavy atom. The van der Waals surface area contributed by atoms with E-state index < -0.39 is 0 Å². The van der Waals surface area contributed by atoms with Crippen LogP contribution in [0.1, 0.15) is 35.8 Å². The SMILES string of the molecule is CCN1CCN(c2ccc(F)cc2C(C)NC(=O)c2ccnc(Cl)c2)CC1. The molecule has 2 heterocycles. The Morgan fingerprint density at radius 1 is 1.26 bits per heavy atom. The summed E-state index contributed by atoms with van der Waals surface area (Å²) in [5.41, 5.74) is 2.16. The van der Waals surface area contributed by atoms with E-state index in [4.69, 9.17) is 11.6 Å². The standard InChI is InChI=1S/C20H24ClFN4O/c1-3-25-8-10-26(11-9-25)18-5-4-16(22)13-17(18)14(2)24-20(27)15-6-7-23-19(21)12-15/h4-7,12-14H,3,8-11H2,1-2H3,(H,24,27). The summed E-state index contributed by atoms with van der Waals surface area (Å²) in [5.74, 6) is -0.577. The van der Waals surface area contributed by atoms with Crippen LogP contribution in [0.2, 0.25) is 5.15 Å². The number of amides is 1. The summed E-state index contributed by atoms with van der Waals surface area (Å²) in [6, 6.07) is 7.55. The van der Waals surface area contributed by atoms with Gasteiger partial charge in [-0.15, -0.1) is 0 Å². The Kier molecular flexibility index (Phi) is 6.29. The van der Waals surface area contributed by atoms with E-state index in [-0.39, 0.29) is 22.9 Å². The van der Waals surface area contributed by atoms with Gasteiger partial charge in [0.05, 0.1) is 6.04 Å². The van der Waals surface area contributed by atoms with Crippen LogP contribution < -0.4 is 10.2 Å². The van der Waals surface area contributed by atoms with Gasteiger partial charge in [-0.3, -0.25) is 4.79 Å². The molecule has 1 amide bonds. The van der Waals surface area contributed by atoms with Gasteiger partial charge in [-0.25, -0.2) is 9.37 Å². The first kappa shape index (κ1) is 19.6. The van der Waals surface area contributed by atoms with Crippen molar-refractivity contribution in [2.24, 2.45) is 0 Å². The number of hydrogen-bond acceptors (Lipinski definition) is 4. The molecule has 144 valence electrons. The second-order valence-corrected chi connectivity index (χ2v) is 7.07. The maximum absolute atomic E-state index is 13.9. The van der Waals surface area contributed by atoms with Crippen molar-refractivity contribution in [3.05, 3.63) is 58.6 Å². The number of aromatic nitrogens is 1. The third-order valence-corrected chi connectivity index (χ3v) is 5.16. The van der Waals surface area contributed by atoms with Gasteiger partial charge < -0.3 is 15.1 Å². The van der Waals surface area contributed by atoms with Gasteiger partial charge in [-0.1, -0.05) is 18.5 Å². The number of rotatable bonds is 5. The van der Waals surface area contributed by atoms with Crippen LogP contribution in [0.3, 0.4) is 0 Å². The van der Waals surface area contributed by atoms with Crippen molar-refractivity contribution in [1.82, 2.24) is 15.2 Å². The zero-order valence-corrected chi connectivity index (χ0v) is 16.3. The lowest BCUT2D eigenvalue weighted by Gasteiger charge is -2.37. The van der Waals surface area contributed by atoms with E-state index in [0.29, 0.717) is 5.56 Å². The molecule has 0 saturated carbocycles. The number of pyridine rings is 1. The molecule has 7 heteroatoms. The molecule has 1 fully saturated rings. The first-order chi connectivity index (χ1) is 13.0. The molecule has 0 aliphatic carbocycles. The van der Waals surface area contributed by atoms with Crippen LogP contribution in [0, 0.1) is 5.82 Å². The molecule has 2 aromatic rings. The summed E-state index contributed by atoms with van der Waals surface area (Å²) in [6.45, 7) is 8.77. The number of likely N-dealkylation sites (N-methyl/N-ethyl adjacent to an activating group) is 1. The molecular formula is C20H24ClFN4O. The number of piperazine rings is 1. The number of anilines is 1. The van der Waals surface area contributed by atoms with E-state index >= 15 is 0 Å². The molecule has 0 bridgehead atoms.